The first-order valence-corrected chi connectivity index (χ1v) is 14.7. The third-order valence-electron chi connectivity index (χ3n) is 7.43. The Balaban J connectivity index is 1.34. The molecule has 1 N–H and O–H groups in total. The molecular formula is C28H39N7O4S. The van der Waals surface area contributed by atoms with Crippen molar-refractivity contribution in [2.75, 3.05) is 31.1 Å². The van der Waals surface area contributed by atoms with Crippen LogP contribution < -0.4 is 15.8 Å². The van der Waals surface area contributed by atoms with Gasteiger partial charge in [-0.25, -0.2) is 19.4 Å². The molecule has 2 fully saturated rings. The molecule has 0 saturated carbocycles. The number of carbonyl (C=O) groups excluding carboxylic acids is 1. The Labute approximate surface area is 238 Å². The first-order valence-electron chi connectivity index (χ1n) is 13.9. The molecule has 3 aromatic rings. The van der Waals surface area contributed by atoms with Crippen LogP contribution >= 0.6 is 11.8 Å². The highest BCUT2D eigenvalue weighted by molar-refractivity contribution is 7.99. The second-order valence-electron chi connectivity index (χ2n) is 12.0. The number of ether oxygens (including phenoxy) is 2. The van der Waals surface area contributed by atoms with Gasteiger partial charge >= 0.3 is 6.09 Å². The number of carbonyl (C=O) groups is 1. The summed E-state index contributed by atoms with van der Waals surface area (Å²) in [5.74, 6) is 0.803. The van der Waals surface area contributed by atoms with Crippen molar-refractivity contribution >= 4 is 34.8 Å². The number of aryl methyl sites for hydroxylation is 1. The number of nitrogens with one attached hydrogen (secondary N) is 1. The van der Waals surface area contributed by atoms with E-state index in [4.69, 9.17) is 24.5 Å². The summed E-state index contributed by atoms with van der Waals surface area (Å²) >= 11 is 1.42. The van der Waals surface area contributed by atoms with E-state index in [0.717, 1.165) is 55.9 Å². The molecule has 2 aliphatic rings. The van der Waals surface area contributed by atoms with Crippen LogP contribution in [-0.2, 0) is 16.5 Å². The van der Waals surface area contributed by atoms with Crippen molar-refractivity contribution in [1.29, 1.82) is 0 Å². The topological polar surface area (TPSA) is 116 Å². The number of hydrogen-bond acceptors (Lipinski definition) is 9. The number of rotatable bonds is 6. The van der Waals surface area contributed by atoms with Crippen LogP contribution in [0.25, 0.3) is 11.2 Å². The SMILES string of the molecule is Cn1ccc(Sc2nn(C3CCCCO3)c3nc(N4CCC(C)(CNC(=O)OC(C)(C)C)CC4)cnc23)cc1=O. The maximum atomic E-state index is 12.2. The molecule has 0 bridgehead atoms. The fraction of sp³-hybridized carbons (Fsp3) is 0.607. The van der Waals surface area contributed by atoms with E-state index in [1.165, 1.54) is 11.8 Å². The van der Waals surface area contributed by atoms with E-state index in [1.54, 1.807) is 23.9 Å². The number of hydrogen-bond donors (Lipinski definition) is 1. The van der Waals surface area contributed by atoms with E-state index in [2.05, 4.69) is 17.1 Å². The van der Waals surface area contributed by atoms with Crippen molar-refractivity contribution in [3.8, 4) is 0 Å². The van der Waals surface area contributed by atoms with Gasteiger partial charge in [0.15, 0.2) is 16.9 Å². The van der Waals surface area contributed by atoms with Gasteiger partial charge in [-0.15, -0.1) is 0 Å². The van der Waals surface area contributed by atoms with Gasteiger partial charge in [-0.3, -0.25) is 4.79 Å². The maximum Gasteiger partial charge on any atom is 0.407 e. The van der Waals surface area contributed by atoms with Crippen LogP contribution in [0.15, 0.2) is 39.2 Å². The summed E-state index contributed by atoms with van der Waals surface area (Å²) in [6, 6.07) is 3.51. The van der Waals surface area contributed by atoms with E-state index in [9.17, 15) is 9.59 Å². The molecule has 5 rings (SSSR count). The molecule has 1 amide bonds. The normalized spacial score (nSPS) is 19.5. The van der Waals surface area contributed by atoms with Crippen LogP contribution in [0.2, 0.25) is 0 Å². The summed E-state index contributed by atoms with van der Waals surface area (Å²) in [7, 11) is 1.73. The van der Waals surface area contributed by atoms with Gasteiger partial charge in [-0.1, -0.05) is 18.7 Å². The largest absolute Gasteiger partial charge is 0.444 e. The van der Waals surface area contributed by atoms with Crippen molar-refractivity contribution in [2.45, 2.75) is 81.5 Å². The second kappa shape index (κ2) is 11.4. The van der Waals surface area contributed by atoms with Crippen LogP contribution in [0.5, 0.6) is 0 Å². The minimum atomic E-state index is -0.516. The predicted octanol–water partition coefficient (Wildman–Crippen LogP) is 4.51. The lowest BCUT2D eigenvalue weighted by atomic mass is 9.80. The molecule has 0 aromatic carbocycles. The second-order valence-corrected chi connectivity index (χ2v) is 13.1. The number of anilines is 1. The van der Waals surface area contributed by atoms with Gasteiger partial charge in [0.1, 0.15) is 16.9 Å². The molecule has 0 spiro atoms. The van der Waals surface area contributed by atoms with Crippen LogP contribution in [0.3, 0.4) is 0 Å². The van der Waals surface area contributed by atoms with Gasteiger partial charge in [-0.05, 0) is 64.4 Å². The third-order valence-corrected chi connectivity index (χ3v) is 8.39. The molecule has 216 valence electrons. The molecule has 1 atom stereocenters. The molecule has 0 radical (unpaired) electrons. The molecule has 0 aliphatic carbocycles. The van der Waals surface area contributed by atoms with Gasteiger partial charge < -0.3 is 24.3 Å². The van der Waals surface area contributed by atoms with Gasteiger partial charge in [0, 0.05) is 50.4 Å². The molecule has 3 aromatic heterocycles. The number of fused-ring (bicyclic) bond motifs is 1. The van der Waals surface area contributed by atoms with Gasteiger partial charge in [0.2, 0.25) is 0 Å². The van der Waals surface area contributed by atoms with E-state index in [1.807, 2.05) is 37.7 Å². The first-order chi connectivity index (χ1) is 19.0. The van der Waals surface area contributed by atoms with Crippen molar-refractivity contribution in [1.82, 2.24) is 29.6 Å². The van der Waals surface area contributed by atoms with Gasteiger partial charge in [-0.2, -0.15) is 5.10 Å². The van der Waals surface area contributed by atoms with Crippen molar-refractivity contribution < 1.29 is 14.3 Å². The Hall–Kier alpha value is -3.12. The fourth-order valence-electron chi connectivity index (χ4n) is 4.97. The molecule has 12 heteroatoms. The molecule has 2 aliphatic heterocycles. The van der Waals surface area contributed by atoms with E-state index in [0.29, 0.717) is 29.3 Å². The van der Waals surface area contributed by atoms with Crippen molar-refractivity contribution in [3.63, 3.8) is 0 Å². The van der Waals surface area contributed by atoms with Crippen LogP contribution in [-0.4, -0.2) is 62.3 Å². The lowest BCUT2D eigenvalue weighted by Gasteiger charge is -2.40. The molecule has 5 heterocycles. The number of amides is 1. The Morgan fingerprint density at radius 2 is 2.05 bits per heavy atom. The molecule has 1 unspecified atom stereocenters. The first kappa shape index (κ1) is 28.4. The molecule has 2 saturated heterocycles. The highest BCUT2D eigenvalue weighted by Gasteiger charge is 2.32. The molecule has 40 heavy (non-hydrogen) atoms. The average molecular weight is 570 g/mol. The average Bonchev–Trinajstić information content (AvgIpc) is 3.27. The highest BCUT2D eigenvalue weighted by atomic mass is 32.2. The summed E-state index contributed by atoms with van der Waals surface area (Å²) in [4.78, 5) is 37.3. The standard InChI is InChI=1S/C28H39N7O4S/c1-27(2,3)39-26(37)30-18-28(4)10-13-34(14-11-28)20-17-29-23-24(31-20)35(22-8-6-7-15-38-22)32-25(23)40-19-9-12-33(5)21(36)16-19/h9,12,16-17,22H,6-8,10-11,13-15,18H2,1-5H3,(H,30,37). The maximum absolute atomic E-state index is 12.2. The zero-order valence-electron chi connectivity index (χ0n) is 24.0. The number of alkyl carbamates (subject to hydrolysis) is 1. The minimum Gasteiger partial charge on any atom is -0.444 e. The summed E-state index contributed by atoms with van der Waals surface area (Å²) in [6.07, 6.45) is 7.77. The Morgan fingerprint density at radius 1 is 1.27 bits per heavy atom. The molecule has 11 nitrogen and oxygen atoms in total. The summed E-state index contributed by atoms with van der Waals surface area (Å²) in [6.45, 7) is 10.7. The Morgan fingerprint density at radius 3 is 2.73 bits per heavy atom. The lowest BCUT2D eigenvalue weighted by molar-refractivity contribution is -0.0376. The molecular weight excluding hydrogens is 530 g/mol. The number of pyridine rings is 1. The Bertz CT molecular complexity index is 1420. The zero-order valence-corrected chi connectivity index (χ0v) is 24.8. The van der Waals surface area contributed by atoms with Gasteiger partial charge in [0.05, 0.1) is 6.20 Å². The van der Waals surface area contributed by atoms with Crippen LogP contribution in [0.4, 0.5) is 10.6 Å². The lowest BCUT2D eigenvalue weighted by Crippen LogP contribution is -2.46. The van der Waals surface area contributed by atoms with E-state index >= 15 is 0 Å². The fourth-order valence-corrected chi connectivity index (χ4v) is 5.85. The number of piperidine rings is 1. The highest BCUT2D eigenvalue weighted by Crippen LogP contribution is 2.36. The van der Waals surface area contributed by atoms with E-state index < -0.39 is 5.60 Å². The van der Waals surface area contributed by atoms with Crippen molar-refractivity contribution in [3.05, 3.63) is 34.9 Å². The van der Waals surface area contributed by atoms with E-state index in [-0.39, 0.29) is 23.3 Å². The van der Waals surface area contributed by atoms with Gasteiger partial charge in [0.25, 0.3) is 5.56 Å². The zero-order chi connectivity index (χ0) is 28.5. The predicted molar refractivity (Wildman–Crippen MR) is 154 cm³/mol. The summed E-state index contributed by atoms with van der Waals surface area (Å²) in [5, 5.41) is 8.54. The van der Waals surface area contributed by atoms with Crippen LogP contribution in [0, 0.1) is 5.41 Å². The summed E-state index contributed by atoms with van der Waals surface area (Å²) in [5.41, 5.74) is 0.773. The smallest absolute Gasteiger partial charge is 0.407 e. The quantitative estimate of drug-likeness (QED) is 0.458. The Kier molecular flexibility index (Phi) is 8.10. The minimum absolute atomic E-state index is 0.0286. The van der Waals surface area contributed by atoms with Crippen molar-refractivity contribution in [2.24, 2.45) is 12.5 Å². The number of nitrogens with zero attached hydrogens (tertiary/aromatic N) is 6. The van der Waals surface area contributed by atoms with Crippen LogP contribution in [0.1, 0.15) is 66.0 Å². The third kappa shape index (κ3) is 6.60. The summed E-state index contributed by atoms with van der Waals surface area (Å²) < 4.78 is 14.9. The number of aromatic nitrogens is 5. The monoisotopic (exact) mass is 569 g/mol.